The Kier molecular flexibility index (Phi) is 4.73. The Hall–Kier alpha value is -2.45. The van der Waals surface area contributed by atoms with Gasteiger partial charge in [-0.05, 0) is 36.6 Å². The normalized spacial score (nSPS) is 17.8. The molecule has 1 saturated heterocycles. The van der Waals surface area contributed by atoms with E-state index in [0.29, 0.717) is 26.1 Å². The zero-order valence-corrected chi connectivity index (χ0v) is 13.4. The van der Waals surface area contributed by atoms with Gasteiger partial charge in [-0.25, -0.2) is 0 Å². The van der Waals surface area contributed by atoms with E-state index in [1.807, 2.05) is 4.90 Å². The van der Waals surface area contributed by atoms with Gasteiger partial charge in [0.15, 0.2) is 0 Å². The Morgan fingerprint density at radius 2 is 2.08 bits per heavy atom. The van der Waals surface area contributed by atoms with Crippen LogP contribution in [0.2, 0.25) is 0 Å². The van der Waals surface area contributed by atoms with Crippen molar-refractivity contribution in [3.8, 4) is 5.75 Å². The summed E-state index contributed by atoms with van der Waals surface area (Å²) in [6, 6.07) is 4.17. The Bertz CT molecular complexity index is 678. The van der Waals surface area contributed by atoms with Gasteiger partial charge in [0.05, 0.1) is 13.1 Å². The summed E-state index contributed by atoms with van der Waals surface area (Å²) in [6.45, 7) is 1.67. The van der Waals surface area contributed by atoms with Crippen molar-refractivity contribution in [2.45, 2.75) is 19.2 Å². The van der Waals surface area contributed by atoms with Crippen molar-refractivity contribution in [2.24, 2.45) is 0 Å². The van der Waals surface area contributed by atoms with Gasteiger partial charge in [0.25, 0.3) is 0 Å². The van der Waals surface area contributed by atoms with Crippen molar-refractivity contribution < 1.29 is 27.5 Å². The van der Waals surface area contributed by atoms with Crippen molar-refractivity contribution >= 4 is 17.5 Å². The Morgan fingerprint density at radius 3 is 2.80 bits per heavy atom. The van der Waals surface area contributed by atoms with Crippen LogP contribution in [-0.2, 0) is 16.0 Å². The topological polar surface area (TPSA) is 61.9 Å². The van der Waals surface area contributed by atoms with E-state index >= 15 is 0 Å². The van der Waals surface area contributed by atoms with Crippen LogP contribution in [-0.4, -0.2) is 55.8 Å². The molecule has 0 bridgehead atoms. The number of ether oxygens (including phenoxy) is 1. The van der Waals surface area contributed by atoms with Gasteiger partial charge < -0.3 is 19.9 Å². The van der Waals surface area contributed by atoms with E-state index < -0.39 is 6.36 Å². The number of carbonyl (C=O) groups excluding carboxylic acids is 2. The van der Waals surface area contributed by atoms with Crippen molar-refractivity contribution in [1.82, 2.24) is 10.2 Å². The molecule has 25 heavy (non-hydrogen) atoms. The summed E-state index contributed by atoms with van der Waals surface area (Å²) in [6.07, 6.45) is -3.37. The first-order valence-corrected chi connectivity index (χ1v) is 8.00. The van der Waals surface area contributed by atoms with Gasteiger partial charge in [-0.2, -0.15) is 0 Å². The third kappa shape index (κ3) is 4.34. The summed E-state index contributed by atoms with van der Waals surface area (Å²) in [7, 11) is 0. The van der Waals surface area contributed by atoms with Crippen LogP contribution in [0, 0.1) is 0 Å². The molecule has 0 unspecified atom stereocenters. The van der Waals surface area contributed by atoms with Crippen LogP contribution in [0.15, 0.2) is 18.2 Å². The summed E-state index contributed by atoms with van der Waals surface area (Å²) >= 11 is 0. The van der Waals surface area contributed by atoms with Gasteiger partial charge in [-0.15, -0.1) is 13.2 Å². The van der Waals surface area contributed by atoms with Crippen LogP contribution in [0.25, 0.3) is 0 Å². The number of halogens is 3. The summed E-state index contributed by atoms with van der Waals surface area (Å²) in [4.78, 5) is 27.1. The second-order valence-corrected chi connectivity index (χ2v) is 6.03. The maximum absolute atomic E-state index is 12.4. The largest absolute Gasteiger partial charge is 0.573 e. The molecule has 136 valence electrons. The molecule has 0 saturated carbocycles. The van der Waals surface area contributed by atoms with Crippen LogP contribution in [0.1, 0.15) is 12.0 Å². The van der Waals surface area contributed by atoms with Crippen LogP contribution < -0.4 is 15.0 Å². The third-order valence-corrected chi connectivity index (χ3v) is 4.22. The first-order valence-electron chi connectivity index (χ1n) is 8.00. The fraction of sp³-hybridized carbons (Fsp3) is 0.500. The van der Waals surface area contributed by atoms with Crippen molar-refractivity contribution in [1.29, 1.82) is 0 Å². The number of alkyl halides is 3. The number of carbonyl (C=O) groups is 2. The number of benzene rings is 1. The van der Waals surface area contributed by atoms with Crippen LogP contribution in [0.3, 0.4) is 0 Å². The van der Waals surface area contributed by atoms with Gasteiger partial charge in [0.1, 0.15) is 5.75 Å². The van der Waals surface area contributed by atoms with E-state index in [2.05, 4.69) is 10.1 Å². The summed E-state index contributed by atoms with van der Waals surface area (Å²) in [5.74, 6) is -0.613. The van der Waals surface area contributed by atoms with E-state index in [4.69, 9.17) is 0 Å². The maximum atomic E-state index is 12.4. The van der Waals surface area contributed by atoms with Crippen LogP contribution >= 0.6 is 0 Å². The smallest absolute Gasteiger partial charge is 0.406 e. The van der Waals surface area contributed by atoms with Crippen molar-refractivity contribution in [2.75, 3.05) is 37.6 Å². The zero-order valence-electron chi connectivity index (χ0n) is 13.4. The monoisotopic (exact) mass is 357 g/mol. The molecule has 2 heterocycles. The van der Waals surface area contributed by atoms with Gasteiger partial charge in [0, 0.05) is 25.3 Å². The van der Waals surface area contributed by atoms with Crippen LogP contribution in [0.4, 0.5) is 18.9 Å². The van der Waals surface area contributed by atoms with E-state index in [0.717, 1.165) is 17.7 Å². The molecular formula is C16H18F3N3O3. The number of hydrogen-bond acceptors (Lipinski definition) is 4. The van der Waals surface area contributed by atoms with Crippen molar-refractivity contribution in [3.05, 3.63) is 23.8 Å². The summed E-state index contributed by atoms with van der Waals surface area (Å²) < 4.78 is 41.0. The molecular weight excluding hydrogens is 339 g/mol. The minimum absolute atomic E-state index is 0.0396. The lowest BCUT2D eigenvalue weighted by Crippen LogP contribution is -2.52. The second-order valence-electron chi connectivity index (χ2n) is 6.03. The lowest BCUT2D eigenvalue weighted by molar-refractivity contribution is -0.274. The highest BCUT2D eigenvalue weighted by Crippen LogP contribution is 2.32. The molecule has 0 radical (unpaired) electrons. The maximum Gasteiger partial charge on any atom is 0.573 e. The minimum atomic E-state index is -4.73. The molecule has 1 aromatic carbocycles. The lowest BCUT2D eigenvalue weighted by Gasteiger charge is -2.34. The zero-order chi connectivity index (χ0) is 18.0. The fourth-order valence-electron chi connectivity index (χ4n) is 3.13. The molecule has 0 atom stereocenters. The first-order chi connectivity index (χ1) is 11.8. The number of piperazine rings is 1. The average Bonchev–Trinajstić information content (AvgIpc) is 2.53. The Labute approximate surface area is 142 Å². The van der Waals surface area contributed by atoms with Gasteiger partial charge in [0.2, 0.25) is 11.8 Å². The van der Waals surface area contributed by atoms with Crippen molar-refractivity contribution in [3.63, 3.8) is 0 Å². The number of fused-ring (bicyclic) bond motifs is 1. The molecule has 1 aromatic rings. The summed E-state index contributed by atoms with van der Waals surface area (Å²) in [5.41, 5.74) is 1.45. The molecule has 0 spiro atoms. The van der Waals surface area contributed by atoms with E-state index in [9.17, 15) is 22.8 Å². The minimum Gasteiger partial charge on any atom is -0.406 e. The molecule has 0 aliphatic carbocycles. The highest BCUT2D eigenvalue weighted by Gasteiger charge is 2.32. The van der Waals surface area contributed by atoms with Crippen LogP contribution in [0.5, 0.6) is 5.75 Å². The van der Waals surface area contributed by atoms with Gasteiger partial charge in [-0.1, -0.05) is 0 Å². The summed E-state index contributed by atoms with van der Waals surface area (Å²) in [5, 5.41) is 2.66. The number of hydrogen-bond donors (Lipinski definition) is 1. The van der Waals surface area contributed by atoms with E-state index in [1.54, 1.807) is 6.07 Å². The second kappa shape index (κ2) is 6.81. The predicted octanol–water partition coefficient (Wildman–Crippen LogP) is 1.30. The number of aryl methyl sites for hydroxylation is 1. The number of nitrogens with one attached hydrogen (secondary N) is 1. The number of nitrogens with zero attached hydrogens (tertiary/aromatic N) is 2. The third-order valence-electron chi connectivity index (χ3n) is 4.22. The Balaban J connectivity index is 1.71. The average molecular weight is 357 g/mol. The molecule has 6 nitrogen and oxygen atoms in total. The SMILES string of the molecule is O=C1CN(C(=O)CN2CCCc3cc(OC(F)(F)F)ccc32)CCN1. The molecule has 9 heteroatoms. The number of anilines is 1. The fourth-order valence-corrected chi connectivity index (χ4v) is 3.13. The van der Waals surface area contributed by atoms with E-state index in [1.165, 1.54) is 17.0 Å². The molecule has 3 rings (SSSR count). The molecule has 2 amide bonds. The van der Waals surface area contributed by atoms with Gasteiger partial charge >= 0.3 is 6.36 Å². The number of amides is 2. The van der Waals surface area contributed by atoms with E-state index in [-0.39, 0.29) is 30.7 Å². The highest BCUT2D eigenvalue weighted by atomic mass is 19.4. The quantitative estimate of drug-likeness (QED) is 0.886. The molecule has 1 N–H and O–H groups in total. The first kappa shape index (κ1) is 17.4. The number of rotatable bonds is 3. The highest BCUT2D eigenvalue weighted by molar-refractivity contribution is 5.88. The molecule has 0 aromatic heterocycles. The molecule has 2 aliphatic rings. The molecule has 2 aliphatic heterocycles. The molecule has 1 fully saturated rings. The predicted molar refractivity (Wildman–Crippen MR) is 83.2 cm³/mol. The lowest BCUT2D eigenvalue weighted by atomic mass is 10.0. The Morgan fingerprint density at radius 1 is 1.28 bits per heavy atom. The van der Waals surface area contributed by atoms with Gasteiger partial charge in [-0.3, -0.25) is 9.59 Å². The standard InChI is InChI=1S/C16H18F3N3O3/c17-16(18,19)25-12-3-4-13-11(8-12)2-1-6-21(13)10-15(24)22-7-5-20-14(23)9-22/h3-4,8H,1-2,5-7,9-10H2,(H,20,23).